The lowest BCUT2D eigenvalue weighted by atomic mass is 9.49. The fraction of sp³-hybridized carbons (Fsp3) is 0.938. The first kappa shape index (κ1) is 13.4. The van der Waals surface area contributed by atoms with Crippen LogP contribution in [0.25, 0.3) is 0 Å². The number of rotatable bonds is 5. The van der Waals surface area contributed by atoms with Gasteiger partial charge in [-0.25, -0.2) is 0 Å². The third-order valence-electron chi connectivity index (χ3n) is 5.68. The van der Waals surface area contributed by atoms with E-state index in [1.807, 2.05) is 7.05 Å². The van der Waals surface area contributed by atoms with Gasteiger partial charge in [-0.05, 0) is 75.8 Å². The van der Waals surface area contributed by atoms with Crippen molar-refractivity contribution in [3.8, 4) is 0 Å². The molecule has 0 spiro atoms. The molecule has 1 atom stereocenters. The van der Waals surface area contributed by atoms with Crippen LogP contribution in [-0.4, -0.2) is 26.0 Å². The molecule has 0 aromatic rings. The Morgan fingerprint density at radius 3 is 2.11 bits per heavy atom. The normalized spacial score (nSPS) is 41.3. The summed E-state index contributed by atoms with van der Waals surface area (Å²) in [6.45, 7) is 3.99. The van der Waals surface area contributed by atoms with E-state index in [-0.39, 0.29) is 5.41 Å². The molecule has 4 aliphatic rings. The van der Waals surface area contributed by atoms with Gasteiger partial charge >= 0.3 is 0 Å². The van der Waals surface area contributed by atoms with Gasteiger partial charge in [0.2, 0.25) is 5.91 Å². The minimum absolute atomic E-state index is 0.0219. The first-order valence-electron chi connectivity index (χ1n) is 8.04. The molecule has 1 amide bonds. The predicted molar refractivity (Wildman–Crippen MR) is 76.7 cm³/mol. The monoisotopic (exact) mass is 264 g/mol. The zero-order valence-electron chi connectivity index (χ0n) is 12.4. The Hall–Kier alpha value is -0.570. The van der Waals surface area contributed by atoms with Crippen LogP contribution in [-0.2, 0) is 4.79 Å². The number of hydrogen-bond acceptors (Lipinski definition) is 2. The number of carbonyl (C=O) groups excluding carboxylic acids is 1. The van der Waals surface area contributed by atoms with E-state index in [0.29, 0.717) is 11.8 Å². The molecule has 3 nitrogen and oxygen atoms in total. The maximum absolute atomic E-state index is 12.7. The van der Waals surface area contributed by atoms with E-state index in [0.717, 1.165) is 30.8 Å². The summed E-state index contributed by atoms with van der Waals surface area (Å²) >= 11 is 0. The second-order valence-corrected chi connectivity index (χ2v) is 7.57. The first-order chi connectivity index (χ1) is 9.11. The molecule has 4 aliphatic carbocycles. The maximum Gasteiger partial charge on any atom is 0.226 e. The lowest BCUT2D eigenvalue weighted by molar-refractivity contribution is -0.146. The zero-order valence-corrected chi connectivity index (χ0v) is 12.4. The molecule has 4 saturated carbocycles. The van der Waals surface area contributed by atoms with Crippen molar-refractivity contribution in [2.75, 3.05) is 20.1 Å². The van der Waals surface area contributed by atoms with Crippen molar-refractivity contribution in [3.05, 3.63) is 0 Å². The summed E-state index contributed by atoms with van der Waals surface area (Å²) in [7, 11) is 1.97. The number of hydrogen-bond donors (Lipinski definition) is 2. The molecule has 0 heterocycles. The molecule has 0 aliphatic heterocycles. The highest BCUT2D eigenvalue weighted by atomic mass is 16.2. The van der Waals surface area contributed by atoms with Gasteiger partial charge in [0, 0.05) is 12.0 Å². The molecule has 4 bridgehead atoms. The molecule has 19 heavy (non-hydrogen) atoms. The van der Waals surface area contributed by atoms with Crippen molar-refractivity contribution in [1.82, 2.24) is 10.6 Å². The molecular formula is C16H28N2O. The van der Waals surface area contributed by atoms with Gasteiger partial charge < -0.3 is 10.6 Å². The molecule has 108 valence electrons. The standard InChI is InChI=1S/C16H28N2O/c1-11(9-17-2)10-18-15(19)16-6-12-3-13(7-16)5-14(4-12)8-16/h11-14,17H,3-10H2,1-2H3,(H,18,19). The molecule has 0 aromatic heterocycles. The Labute approximate surface area is 116 Å². The Bertz CT molecular complexity index is 317. The molecule has 0 saturated heterocycles. The molecule has 4 fully saturated rings. The van der Waals surface area contributed by atoms with E-state index in [1.165, 1.54) is 38.5 Å². The molecule has 4 rings (SSSR count). The quantitative estimate of drug-likeness (QED) is 0.799. The highest BCUT2D eigenvalue weighted by molar-refractivity contribution is 5.83. The Morgan fingerprint density at radius 2 is 1.63 bits per heavy atom. The Kier molecular flexibility index (Phi) is 3.59. The smallest absolute Gasteiger partial charge is 0.226 e. The summed E-state index contributed by atoms with van der Waals surface area (Å²) in [5.41, 5.74) is 0.0219. The van der Waals surface area contributed by atoms with Gasteiger partial charge in [0.25, 0.3) is 0 Å². The molecule has 2 N–H and O–H groups in total. The second kappa shape index (κ2) is 5.08. The van der Waals surface area contributed by atoms with Crippen molar-refractivity contribution in [1.29, 1.82) is 0 Å². The molecule has 0 radical (unpaired) electrons. The number of nitrogens with one attached hydrogen (secondary N) is 2. The summed E-state index contributed by atoms with van der Waals surface area (Å²) in [6.07, 6.45) is 7.73. The number of amides is 1. The minimum Gasteiger partial charge on any atom is -0.355 e. The lowest BCUT2D eigenvalue weighted by Gasteiger charge is -2.55. The van der Waals surface area contributed by atoms with Crippen molar-refractivity contribution in [3.63, 3.8) is 0 Å². The summed E-state index contributed by atoms with van der Waals surface area (Å²) in [6, 6.07) is 0. The van der Waals surface area contributed by atoms with Gasteiger partial charge in [0.15, 0.2) is 0 Å². The van der Waals surface area contributed by atoms with Gasteiger partial charge in [0.05, 0.1) is 0 Å². The van der Waals surface area contributed by atoms with Crippen molar-refractivity contribution >= 4 is 5.91 Å². The minimum atomic E-state index is 0.0219. The van der Waals surface area contributed by atoms with E-state index in [1.54, 1.807) is 0 Å². The summed E-state index contributed by atoms with van der Waals surface area (Å²) in [5, 5.41) is 6.42. The highest BCUT2D eigenvalue weighted by Crippen LogP contribution is 2.60. The number of carbonyl (C=O) groups is 1. The van der Waals surface area contributed by atoms with Crippen LogP contribution in [0.15, 0.2) is 0 Å². The highest BCUT2D eigenvalue weighted by Gasteiger charge is 2.54. The Balaban J connectivity index is 1.60. The fourth-order valence-electron chi connectivity index (χ4n) is 5.26. The first-order valence-corrected chi connectivity index (χ1v) is 8.04. The van der Waals surface area contributed by atoms with E-state index >= 15 is 0 Å². The summed E-state index contributed by atoms with van der Waals surface area (Å²) in [5.74, 6) is 3.45. The average molecular weight is 264 g/mol. The maximum atomic E-state index is 12.7. The van der Waals surface area contributed by atoms with Crippen LogP contribution < -0.4 is 10.6 Å². The van der Waals surface area contributed by atoms with Gasteiger partial charge in [-0.1, -0.05) is 6.92 Å². The van der Waals surface area contributed by atoms with Crippen molar-refractivity contribution in [2.45, 2.75) is 45.4 Å². The SMILES string of the molecule is CNCC(C)CNC(=O)C12CC3CC(CC(C3)C1)C2. The Morgan fingerprint density at radius 1 is 1.11 bits per heavy atom. The second-order valence-electron chi connectivity index (χ2n) is 7.57. The van der Waals surface area contributed by atoms with Crippen LogP contribution in [0.5, 0.6) is 0 Å². The third kappa shape index (κ3) is 2.54. The van der Waals surface area contributed by atoms with E-state index < -0.39 is 0 Å². The summed E-state index contributed by atoms with van der Waals surface area (Å²) < 4.78 is 0. The largest absolute Gasteiger partial charge is 0.355 e. The van der Waals surface area contributed by atoms with E-state index in [2.05, 4.69) is 17.6 Å². The van der Waals surface area contributed by atoms with Crippen molar-refractivity contribution < 1.29 is 4.79 Å². The van der Waals surface area contributed by atoms with Crippen LogP contribution in [0.2, 0.25) is 0 Å². The van der Waals surface area contributed by atoms with E-state index in [9.17, 15) is 4.79 Å². The van der Waals surface area contributed by atoms with Gasteiger partial charge in [-0.15, -0.1) is 0 Å². The van der Waals surface area contributed by atoms with E-state index in [4.69, 9.17) is 0 Å². The molecule has 0 aromatic carbocycles. The van der Waals surface area contributed by atoms with Crippen LogP contribution in [0.4, 0.5) is 0 Å². The van der Waals surface area contributed by atoms with Crippen LogP contribution in [0.3, 0.4) is 0 Å². The fourth-order valence-corrected chi connectivity index (χ4v) is 5.26. The zero-order chi connectivity index (χ0) is 13.5. The molecule has 1 unspecified atom stereocenters. The van der Waals surface area contributed by atoms with Crippen molar-refractivity contribution in [2.24, 2.45) is 29.1 Å². The topological polar surface area (TPSA) is 41.1 Å². The third-order valence-corrected chi connectivity index (χ3v) is 5.68. The van der Waals surface area contributed by atoms with Gasteiger partial charge in [0.1, 0.15) is 0 Å². The van der Waals surface area contributed by atoms with Crippen LogP contribution in [0, 0.1) is 29.1 Å². The van der Waals surface area contributed by atoms with Crippen LogP contribution in [0.1, 0.15) is 45.4 Å². The van der Waals surface area contributed by atoms with Gasteiger partial charge in [-0.3, -0.25) is 4.79 Å². The van der Waals surface area contributed by atoms with Crippen LogP contribution >= 0.6 is 0 Å². The predicted octanol–water partition coefficient (Wildman–Crippen LogP) is 2.17. The summed E-state index contributed by atoms with van der Waals surface area (Å²) in [4.78, 5) is 12.7. The molecular weight excluding hydrogens is 236 g/mol. The molecule has 3 heteroatoms. The lowest BCUT2D eigenvalue weighted by Crippen LogP contribution is -2.54. The van der Waals surface area contributed by atoms with Gasteiger partial charge in [-0.2, -0.15) is 0 Å². The average Bonchev–Trinajstić information content (AvgIpc) is 2.34.